The second kappa shape index (κ2) is 3.89. The monoisotopic (exact) mass is 237 g/mol. The summed E-state index contributed by atoms with van der Waals surface area (Å²) in [7, 11) is -4.77. The number of halogens is 2. The first kappa shape index (κ1) is 11.5. The van der Waals surface area contributed by atoms with E-state index < -0.39 is 31.1 Å². The Kier molecular flexibility index (Phi) is 2.98. The van der Waals surface area contributed by atoms with Crippen LogP contribution in [0, 0.1) is 10.1 Å². The van der Waals surface area contributed by atoms with Crippen molar-refractivity contribution in [2.45, 2.75) is 10.7 Å². The predicted molar refractivity (Wildman–Crippen MR) is 46.3 cm³/mol. The maximum atomic E-state index is 12.1. The van der Waals surface area contributed by atoms with E-state index in [1.807, 2.05) is 0 Å². The van der Waals surface area contributed by atoms with Gasteiger partial charge in [-0.3, -0.25) is 10.1 Å². The Balaban J connectivity index is 3.29. The van der Waals surface area contributed by atoms with Crippen LogP contribution in [0.15, 0.2) is 29.2 Å². The number of rotatable bonds is 3. The first-order valence-electron chi connectivity index (χ1n) is 3.62. The van der Waals surface area contributed by atoms with E-state index in [-0.39, 0.29) is 0 Å². The highest BCUT2D eigenvalue weighted by atomic mass is 32.2. The molecule has 8 heteroatoms. The van der Waals surface area contributed by atoms with Gasteiger partial charge in [-0.05, 0) is 6.07 Å². The van der Waals surface area contributed by atoms with E-state index in [2.05, 4.69) is 0 Å². The zero-order valence-electron chi connectivity index (χ0n) is 7.13. The van der Waals surface area contributed by atoms with Crippen molar-refractivity contribution in [2.24, 2.45) is 0 Å². The van der Waals surface area contributed by atoms with Crippen molar-refractivity contribution < 1.29 is 22.1 Å². The van der Waals surface area contributed by atoms with Crippen LogP contribution in [-0.4, -0.2) is 19.1 Å². The van der Waals surface area contributed by atoms with Crippen LogP contribution in [0.5, 0.6) is 0 Å². The molecule has 0 aromatic heterocycles. The van der Waals surface area contributed by atoms with E-state index in [4.69, 9.17) is 0 Å². The van der Waals surface area contributed by atoms with E-state index in [1.165, 1.54) is 0 Å². The van der Waals surface area contributed by atoms with Crippen LogP contribution in [0.2, 0.25) is 0 Å². The molecule has 0 saturated heterocycles. The van der Waals surface area contributed by atoms with Crippen LogP contribution in [0.25, 0.3) is 0 Å². The molecule has 0 unspecified atom stereocenters. The fraction of sp³-hybridized carbons (Fsp3) is 0.143. The summed E-state index contributed by atoms with van der Waals surface area (Å²) in [5.41, 5.74) is -0.545. The molecule has 0 radical (unpaired) electrons. The van der Waals surface area contributed by atoms with Crippen LogP contribution in [0.1, 0.15) is 0 Å². The van der Waals surface area contributed by atoms with Crippen molar-refractivity contribution >= 4 is 15.5 Å². The Labute approximate surface area is 83.4 Å². The lowest BCUT2D eigenvalue weighted by Gasteiger charge is -2.01. The first-order valence-corrected chi connectivity index (χ1v) is 5.17. The molecule has 1 aromatic rings. The van der Waals surface area contributed by atoms with Gasteiger partial charge in [-0.1, -0.05) is 6.07 Å². The Bertz CT molecular complexity index is 486. The van der Waals surface area contributed by atoms with Gasteiger partial charge in [0.25, 0.3) is 5.69 Å². The van der Waals surface area contributed by atoms with Crippen molar-refractivity contribution in [1.29, 1.82) is 0 Å². The Morgan fingerprint density at radius 3 is 2.40 bits per heavy atom. The second-order valence-corrected chi connectivity index (χ2v) is 4.48. The van der Waals surface area contributed by atoms with Crippen LogP contribution >= 0.6 is 0 Å². The van der Waals surface area contributed by atoms with Crippen molar-refractivity contribution in [3.8, 4) is 0 Å². The van der Waals surface area contributed by atoms with Gasteiger partial charge in [0.15, 0.2) is 0 Å². The van der Waals surface area contributed by atoms with Gasteiger partial charge in [-0.25, -0.2) is 8.42 Å². The molecule has 0 spiro atoms. The molecule has 0 amide bonds. The lowest BCUT2D eigenvalue weighted by molar-refractivity contribution is -0.385. The molecule has 0 saturated carbocycles. The smallest absolute Gasteiger partial charge is 0.258 e. The highest BCUT2D eigenvalue weighted by molar-refractivity contribution is 7.91. The predicted octanol–water partition coefficient (Wildman–Crippen LogP) is 1.59. The van der Waals surface area contributed by atoms with Crippen LogP contribution in [0.4, 0.5) is 14.5 Å². The third-order valence-corrected chi connectivity index (χ3v) is 2.97. The van der Waals surface area contributed by atoms with Gasteiger partial charge in [-0.15, -0.1) is 0 Å². The number of nitro benzene ring substituents is 1. The van der Waals surface area contributed by atoms with E-state index in [0.29, 0.717) is 6.07 Å². The molecule has 15 heavy (non-hydrogen) atoms. The van der Waals surface area contributed by atoms with Crippen molar-refractivity contribution in [3.63, 3.8) is 0 Å². The quantitative estimate of drug-likeness (QED) is 0.590. The summed E-state index contributed by atoms with van der Waals surface area (Å²) in [6.45, 7) is 0. The molecule has 0 aliphatic heterocycles. The Hall–Kier alpha value is -1.57. The lowest BCUT2D eigenvalue weighted by Crippen LogP contribution is -2.11. The largest absolute Gasteiger partial charge is 0.341 e. The van der Waals surface area contributed by atoms with Gasteiger partial charge in [0.1, 0.15) is 0 Å². The highest BCUT2D eigenvalue weighted by Crippen LogP contribution is 2.22. The molecular formula is C7H5F2NO4S. The van der Waals surface area contributed by atoms with E-state index in [1.54, 1.807) is 0 Å². The molecule has 1 aromatic carbocycles. The van der Waals surface area contributed by atoms with Crippen molar-refractivity contribution in [3.05, 3.63) is 34.4 Å². The minimum atomic E-state index is -4.77. The topological polar surface area (TPSA) is 77.3 Å². The van der Waals surface area contributed by atoms with Gasteiger partial charge in [0, 0.05) is 12.1 Å². The van der Waals surface area contributed by atoms with Gasteiger partial charge >= 0.3 is 5.76 Å². The minimum absolute atomic E-state index is 0.545. The zero-order valence-corrected chi connectivity index (χ0v) is 7.95. The molecule has 0 fully saturated rings. The summed E-state index contributed by atoms with van der Waals surface area (Å²) in [6.07, 6.45) is 0. The average Bonchev–Trinajstić information content (AvgIpc) is 2.17. The van der Waals surface area contributed by atoms with Gasteiger partial charge in [0.05, 0.1) is 9.82 Å². The summed E-state index contributed by atoms with van der Waals surface area (Å²) in [6, 6.07) is 3.54. The van der Waals surface area contributed by atoms with Gasteiger partial charge < -0.3 is 0 Å². The number of alkyl halides is 2. The van der Waals surface area contributed by atoms with Gasteiger partial charge in [-0.2, -0.15) is 8.78 Å². The maximum Gasteiger partial charge on any atom is 0.341 e. The van der Waals surface area contributed by atoms with E-state index in [9.17, 15) is 27.3 Å². The third kappa shape index (κ3) is 2.27. The van der Waals surface area contributed by atoms with E-state index >= 15 is 0 Å². The molecule has 0 aliphatic rings. The number of sulfone groups is 1. The summed E-state index contributed by atoms with van der Waals surface area (Å²) in [5.74, 6) is -3.58. The number of nitro groups is 1. The standard InChI is InChI=1S/C7H5F2NO4S/c8-7(9)15(13,14)6-3-1-2-5(4-6)10(11)12/h1-4,7H. The number of hydrogen-bond acceptors (Lipinski definition) is 4. The number of nitrogens with zero attached hydrogens (tertiary/aromatic N) is 1. The Morgan fingerprint density at radius 1 is 1.33 bits per heavy atom. The van der Waals surface area contributed by atoms with Gasteiger partial charge in [0.2, 0.25) is 9.84 Å². The zero-order chi connectivity index (χ0) is 11.6. The summed E-state index contributed by atoms with van der Waals surface area (Å²) >= 11 is 0. The number of benzene rings is 1. The molecule has 1 rings (SSSR count). The lowest BCUT2D eigenvalue weighted by atomic mass is 10.3. The molecule has 82 valence electrons. The maximum absolute atomic E-state index is 12.1. The van der Waals surface area contributed by atoms with Crippen molar-refractivity contribution in [2.75, 3.05) is 0 Å². The molecule has 0 atom stereocenters. The van der Waals surface area contributed by atoms with Crippen LogP contribution in [-0.2, 0) is 9.84 Å². The first-order chi connectivity index (χ1) is 6.85. The van der Waals surface area contributed by atoms with Crippen LogP contribution in [0.3, 0.4) is 0 Å². The SMILES string of the molecule is O=[N+]([O-])c1cccc(S(=O)(=O)C(F)F)c1. The minimum Gasteiger partial charge on any atom is -0.258 e. The fourth-order valence-electron chi connectivity index (χ4n) is 0.877. The fourth-order valence-corrected chi connectivity index (χ4v) is 1.64. The number of hydrogen-bond donors (Lipinski definition) is 0. The highest BCUT2D eigenvalue weighted by Gasteiger charge is 2.27. The summed E-state index contributed by atoms with van der Waals surface area (Å²) in [5, 5.41) is 10.3. The van der Waals surface area contributed by atoms with Crippen molar-refractivity contribution in [1.82, 2.24) is 0 Å². The summed E-state index contributed by atoms with van der Waals surface area (Å²) in [4.78, 5) is 8.66. The Morgan fingerprint density at radius 2 is 1.93 bits per heavy atom. The number of non-ortho nitro benzene ring substituents is 1. The molecule has 0 aliphatic carbocycles. The molecular weight excluding hydrogens is 232 g/mol. The second-order valence-electron chi connectivity index (χ2n) is 2.56. The molecule has 0 heterocycles. The average molecular weight is 237 g/mol. The normalized spacial score (nSPS) is 11.7. The molecule has 0 N–H and O–H groups in total. The molecule has 0 bridgehead atoms. The van der Waals surface area contributed by atoms with E-state index in [0.717, 1.165) is 18.2 Å². The van der Waals surface area contributed by atoms with Crippen LogP contribution < -0.4 is 0 Å². The molecule has 5 nitrogen and oxygen atoms in total. The summed E-state index contributed by atoms with van der Waals surface area (Å²) < 4.78 is 46.0. The third-order valence-electron chi connectivity index (χ3n) is 1.59.